The van der Waals surface area contributed by atoms with E-state index in [0.29, 0.717) is 13.1 Å². The molecule has 0 spiro atoms. The summed E-state index contributed by atoms with van der Waals surface area (Å²) in [6, 6.07) is 18.2. The van der Waals surface area contributed by atoms with E-state index >= 15 is 0 Å². The van der Waals surface area contributed by atoms with Gasteiger partial charge in [0, 0.05) is 37.2 Å². The molecule has 0 saturated heterocycles. The SMILES string of the molecule is O=C(COc1ccccc1Cc1ccccc1)N1CCc2[nH]ncc2C1. The molecule has 1 amide bonds. The normalized spacial score (nSPS) is 13.3. The molecule has 2 heterocycles. The molecule has 5 heteroatoms. The zero-order valence-corrected chi connectivity index (χ0v) is 14.5. The van der Waals surface area contributed by atoms with Crippen molar-refractivity contribution in [1.82, 2.24) is 15.1 Å². The number of ether oxygens (including phenoxy) is 1. The van der Waals surface area contributed by atoms with E-state index in [-0.39, 0.29) is 12.5 Å². The molecule has 0 unspecified atom stereocenters. The fourth-order valence-electron chi connectivity index (χ4n) is 3.27. The summed E-state index contributed by atoms with van der Waals surface area (Å²) in [6.45, 7) is 1.35. The van der Waals surface area contributed by atoms with Crippen LogP contribution in [-0.2, 0) is 24.2 Å². The lowest BCUT2D eigenvalue weighted by molar-refractivity contribution is -0.134. The van der Waals surface area contributed by atoms with E-state index in [9.17, 15) is 4.79 Å². The van der Waals surface area contributed by atoms with Gasteiger partial charge >= 0.3 is 0 Å². The predicted molar refractivity (Wildman–Crippen MR) is 98.9 cm³/mol. The first-order valence-corrected chi connectivity index (χ1v) is 8.83. The van der Waals surface area contributed by atoms with Crippen LogP contribution in [0.3, 0.4) is 0 Å². The van der Waals surface area contributed by atoms with Gasteiger partial charge in [-0.25, -0.2) is 0 Å². The van der Waals surface area contributed by atoms with Crippen molar-refractivity contribution >= 4 is 5.91 Å². The molecule has 0 atom stereocenters. The van der Waals surface area contributed by atoms with Crippen LogP contribution in [0.15, 0.2) is 60.8 Å². The molecule has 1 N–H and O–H groups in total. The monoisotopic (exact) mass is 347 g/mol. The number of hydrogen-bond acceptors (Lipinski definition) is 3. The minimum absolute atomic E-state index is 0.00589. The van der Waals surface area contributed by atoms with Crippen LogP contribution in [0.1, 0.15) is 22.4 Å². The largest absolute Gasteiger partial charge is 0.483 e. The molecule has 5 nitrogen and oxygen atoms in total. The van der Waals surface area contributed by atoms with Gasteiger partial charge in [0.05, 0.1) is 6.20 Å². The number of amides is 1. The van der Waals surface area contributed by atoms with E-state index in [2.05, 4.69) is 22.3 Å². The van der Waals surface area contributed by atoms with Crippen molar-refractivity contribution in [3.8, 4) is 5.75 Å². The lowest BCUT2D eigenvalue weighted by Gasteiger charge is -2.26. The molecule has 0 saturated carbocycles. The number of para-hydroxylation sites is 1. The van der Waals surface area contributed by atoms with Gasteiger partial charge in [0.1, 0.15) is 5.75 Å². The summed E-state index contributed by atoms with van der Waals surface area (Å²) in [5.74, 6) is 0.775. The first-order chi connectivity index (χ1) is 12.8. The predicted octanol–water partition coefficient (Wildman–Crippen LogP) is 2.96. The van der Waals surface area contributed by atoms with Crippen molar-refractivity contribution in [2.75, 3.05) is 13.2 Å². The lowest BCUT2D eigenvalue weighted by atomic mass is 10.0. The third kappa shape index (κ3) is 3.61. The maximum atomic E-state index is 12.5. The van der Waals surface area contributed by atoms with Gasteiger partial charge in [0.15, 0.2) is 6.61 Å². The number of carbonyl (C=O) groups is 1. The fourth-order valence-corrected chi connectivity index (χ4v) is 3.27. The van der Waals surface area contributed by atoms with Crippen LogP contribution in [-0.4, -0.2) is 34.2 Å². The van der Waals surface area contributed by atoms with Crippen LogP contribution in [0.2, 0.25) is 0 Å². The molecule has 0 aliphatic carbocycles. The van der Waals surface area contributed by atoms with Gasteiger partial charge in [-0.05, 0) is 17.2 Å². The highest BCUT2D eigenvalue weighted by Crippen LogP contribution is 2.22. The molecule has 26 heavy (non-hydrogen) atoms. The molecule has 3 aromatic rings. The first kappa shape index (κ1) is 16.4. The third-order valence-electron chi connectivity index (χ3n) is 4.71. The number of H-pyrrole nitrogens is 1. The Labute approximate surface area is 152 Å². The van der Waals surface area contributed by atoms with Gasteiger partial charge in [-0.1, -0.05) is 48.5 Å². The molecular weight excluding hydrogens is 326 g/mol. The summed E-state index contributed by atoms with van der Waals surface area (Å²) < 4.78 is 5.88. The van der Waals surface area contributed by atoms with Crippen molar-refractivity contribution in [2.24, 2.45) is 0 Å². The quantitative estimate of drug-likeness (QED) is 0.772. The number of hydrogen-bond donors (Lipinski definition) is 1. The Morgan fingerprint density at radius 1 is 1.12 bits per heavy atom. The Balaban J connectivity index is 1.40. The first-order valence-electron chi connectivity index (χ1n) is 8.83. The van der Waals surface area contributed by atoms with Crippen LogP contribution >= 0.6 is 0 Å². The summed E-state index contributed by atoms with van der Waals surface area (Å²) in [5.41, 5.74) is 4.53. The summed E-state index contributed by atoms with van der Waals surface area (Å²) in [5, 5.41) is 7.03. The van der Waals surface area contributed by atoms with Crippen LogP contribution in [0.5, 0.6) is 5.75 Å². The number of benzene rings is 2. The topological polar surface area (TPSA) is 58.2 Å². The Morgan fingerprint density at radius 3 is 2.81 bits per heavy atom. The minimum Gasteiger partial charge on any atom is -0.483 e. The zero-order valence-electron chi connectivity index (χ0n) is 14.5. The van der Waals surface area contributed by atoms with Crippen molar-refractivity contribution in [2.45, 2.75) is 19.4 Å². The maximum Gasteiger partial charge on any atom is 0.260 e. The van der Waals surface area contributed by atoms with Crippen molar-refractivity contribution in [3.63, 3.8) is 0 Å². The number of aromatic amines is 1. The van der Waals surface area contributed by atoms with E-state index in [4.69, 9.17) is 4.74 Å². The number of carbonyl (C=O) groups excluding carboxylic acids is 1. The summed E-state index contributed by atoms with van der Waals surface area (Å²) >= 11 is 0. The molecule has 0 radical (unpaired) electrons. The molecule has 4 rings (SSSR count). The molecule has 1 aliphatic rings. The van der Waals surface area contributed by atoms with Gasteiger partial charge in [0.2, 0.25) is 0 Å². The molecule has 1 aliphatic heterocycles. The van der Waals surface area contributed by atoms with Crippen molar-refractivity contribution in [1.29, 1.82) is 0 Å². The molecule has 0 fully saturated rings. The number of nitrogens with one attached hydrogen (secondary N) is 1. The number of aromatic nitrogens is 2. The van der Waals surface area contributed by atoms with Crippen LogP contribution < -0.4 is 4.74 Å². The fraction of sp³-hybridized carbons (Fsp3) is 0.238. The summed E-state index contributed by atoms with van der Waals surface area (Å²) in [7, 11) is 0. The van der Waals surface area contributed by atoms with Crippen LogP contribution in [0, 0.1) is 0 Å². The van der Waals surface area contributed by atoms with E-state index in [1.807, 2.05) is 47.4 Å². The second-order valence-corrected chi connectivity index (χ2v) is 6.50. The highest BCUT2D eigenvalue weighted by atomic mass is 16.5. The zero-order chi connectivity index (χ0) is 17.8. The number of nitrogens with zero attached hydrogens (tertiary/aromatic N) is 2. The highest BCUT2D eigenvalue weighted by Gasteiger charge is 2.22. The molecule has 2 aromatic carbocycles. The van der Waals surface area contributed by atoms with Crippen molar-refractivity contribution in [3.05, 3.63) is 83.2 Å². The Morgan fingerprint density at radius 2 is 1.92 bits per heavy atom. The molecule has 0 bridgehead atoms. The second-order valence-electron chi connectivity index (χ2n) is 6.50. The molecule has 1 aromatic heterocycles. The van der Waals surface area contributed by atoms with Gasteiger partial charge in [-0.15, -0.1) is 0 Å². The average molecular weight is 347 g/mol. The average Bonchev–Trinajstić information content (AvgIpc) is 3.16. The second kappa shape index (κ2) is 7.44. The van der Waals surface area contributed by atoms with E-state index < -0.39 is 0 Å². The number of rotatable bonds is 5. The van der Waals surface area contributed by atoms with Crippen molar-refractivity contribution < 1.29 is 9.53 Å². The number of fused-ring (bicyclic) bond motifs is 1. The lowest BCUT2D eigenvalue weighted by Crippen LogP contribution is -2.38. The summed E-state index contributed by atoms with van der Waals surface area (Å²) in [6.07, 6.45) is 3.39. The van der Waals surface area contributed by atoms with Gasteiger partial charge in [-0.3, -0.25) is 9.89 Å². The van der Waals surface area contributed by atoms with Crippen LogP contribution in [0.4, 0.5) is 0 Å². The van der Waals surface area contributed by atoms with E-state index in [1.165, 1.54) is 5.56 Å². The Kier molecular flexibility index (Phi) is 4.69. The molecule has 132 valence electrons. The van der Waals surface area contributed by atoms with Crippen LogP contribution in [0.25, 0.3) is 0 Å². The minimum atomic E-state index is 0.00589. The highest BCUT2D eigenvalue weighted by molar-refractivity contribution is 5.78. The Bertz CT molecular complexity index is 889. The Hall–Kier alpha value is -3.08. The van der Waals surface area contributed by atoms with Gasteiger partial charge in [-0.2, -0.15) is 5.10 Å². The summed E-state index contributed by atoms with van der Waals surface area (Å²) in [4.78, 5) is 14.4. The molecular formula is C21H21N3O2. The smallest absolute Gasteiger partial charge is 0.260 e. The standard InChI is InChI=1S/C21H21N3O2/c25-21(24-11-10-19-18(14-24)13-22-23-19)15-26-20-9-5-4-8-17(20)12-16-6-2-1-3-7-16/h1-9,13H,10-12,14-15H2,(H,22,23). The van der Waals surface area contributed by atoms with E-state index in [0.717, 1.165) is 35.4 Å². The maximum absolute atomic E-state index is 12.5. The van der Waals surface area contributed by atoms with Gasteiger partial charge in [0.25, 0.3) is 5.91 Å². The van der Waals surface area contributed by atoms with Gasteiger partial charge < -0.3 is 9.64 Å². The van der Waals surface area contributed by atoms with E-state index in [1.54, 1.807) is 6.20 Å². The third-order valence-corrected chi connectivity index (χ3v) is 4.71.